The number of benzene rings is 6. The molecule has 0 saturated carbocycles. The molecule has 0 saturated heterocycles. The van der Waals surface area contributed by atoms with Crippen LogP contribution in [-0.2, 0) is 25.7 Å². The van der Waals surface area contributed by atoms with Crippen LogP contribution in [0.15, 0.2) is 116 Å². The highest BCUT2D eigenvalue weighted by Gasteiger charge is 2.33. The average molecular weight is 1010 g/mol. The van der Waals surface area contributed by atoms with Crippen LogP contribution in [0.5, 0.6) is 5.75 Å². The van der Waals surface area contributed by atoms with Crippen LogP contribution in [0.2, 0.25) is 0 Å². The molecule has 9 N–H and O–H groups in total. The number of hydrogen-bond acceptors (Lipinski definition) is 8. The number of phenolic OH excluding ortho intramolecular Hbond substituents is 1. The van der Waals surface area contributed by atoms with E-state index < -0.39 is 11.4 Å². The zero-order chi connectivity index (χ0) is 54.2. The quantitative estimate of drug-likeness (QED) is 0.0154. The van der Waals surface area contributed by atoms with Gasteiger partial charge in [-0.25, -0.2) is 4.79 Å². The minimum absolute atomic E-state index is 0.0103. The summed E-state index contributed by atoms with van der Waals surface area (Å²) in [6.45, 7) is 30.1. The molecule has 9 rings (SSSR count). The fourth-order valence-electron chi connectivity index (χ4n) is 8.72. The first-order valence-electron chi connectivity index (χ1n) is 25.8. The largest absolute Gasteiger partial charge is 0.506 e. The molecule has 9 aromatic rings. The maximum absolute atomic E-state index is 13.8. The fraction of sp³-hybridized carbons (Fsp3) is 0.344. The number of ether oxygens (including phenoxy) is 2. The smallest absolute Gasteiger partial charge is 0.338 e. The van der Waals surface area contributed by atoms with Gasteiger partial charge in [-0.2, -0.15) is 9.58 Å². The second-order valence-electron chi connectivity index (χ2n) is 23.2. The molecule has 1 unspecified atom stereocenters. The number of aromatic nitrogens is 6. The van der Waals surface area contributed by atoms with Crippen LogP contribution in [0, 0.1) is 19.3 Å². The van der Waals surface area contributed by atoms with Gasteiger partial charge in [0.05, 0.1) is 45.6 Å². The van der Waals surface area contributed by atoms with Crippen molar-refractivity contribution in [1.29, 1.82) is 0 Å². The lowest BCUT2D eigenvalue weighted by molar-refractivity contribution is 0.00443. The number of nitrogens with one attached hydrogen (secondary N) is 6. The van der Waals surface area contributed by atoms with E-state index in [-0.39, 0.29) is 47.4 Å². The van der Waals surface area contributed by atoms with Gasteiger partial charge in [0.15, 0.2) is 5.78 Å². The van der Waals surface area contributed by atoms with Crippen molar-refractivity contribution in [1.82, 2.24) is 30.0 Å². The van der Waals surface area contributed by atoms with Crippen molar-refractivity contribution >= 4 is 67.7 Å². The summed E-state index contributed by atoms with van der Waals surface area (Å²) in [6.07, 6.45) is 1.20. The van der Waals surface area contributed by atoms with Crippen LogP contribution in [-0.4, -0.2) is 60.0 Å². The summed E-state index contributed by atoms with van der Waals surface area (Å²) < 4.78 is 12.6. The Balaban J connectivity index is 0.000000549. The minimum Gasteiger partial charge on any atom is -0.506 e. The normalized spacial score (nSPS) is 12.9. The van der Waals surface area contributed by atoms with E-state index in [0.717, 1.165) is 66.7 Å². The van der Waals surface area contributed by atoms with E-state index >= 15 is 0 Å². The van der Waals surface area contributed by atoms with Crippen molar-refractivity contribution in [3.8, 4) is 5.75 Å². The number of fused-ring (bicyclic) bond motifs is 3. The van der Waals surface area contributed by atoms with Crippen LogP contribution in [0.25, 0.3) is 38.9 Å². The number of nitrogens with two attached hydrogens (primary N) is 1. The first kappa shape index (κ1) is 53.3. The molecule has 0 radical (unpaired) electrons. The maximum atomic E-state index is 13.8. The fourth-order valence-corrected chi connectivity index (χ4v) is 8.72. The van der Waals surface area contributed by atoms with Gasteiger partial charge < -0.3 is 20.3 Å². The van der Waals surface area contributed by atoms with Gasteiger partial charge in [-0.1, -0.05) is 106 Å². The Labute approximate surface area is 440 Å². The van der Waals surface area contributed by atoms with Gasteiger partial charge in [-0.05, 0) is 150 Å². The number of hydrogen-bond donors (Lipinski definition) is 8. The van der Waals surface area contributed by atoms with Gasteiger partial charge >= 0.3 is 5.97 Å². The molecule has 0 aliphatic rings. The zero-order valence-electron chi connectivity index (χ0n) is 45.7. The minimum atomic E-state index is -0.719. The van der Waals surface area contributed by atoms with Crippen molar-refractivity contribution in [2.75, 3.05) is 29.8 Å². The number of nitrogen functional groups attached to an aromatic ring is 1. The Morgan fingerprint density at radius 3 is 1.68 bits per heavy atom. The molecular weight excluding hydrogens is 939 g/mol. The topological polar surface area (TPSA) is 196 Å². The lowest BCUT2D eigenvalue weighted by Crippen LogP contribution is -2.33. The molecule has 3 aromatic heterocycles. The number of ketones is 1. The molecule has 0 bridgehead atoms. The molecule has 394 valence electrons. The van der Waals surface area contributed by atoms with Gasteiger partial charge in [0.25, 0.3) is 0 Å². The Hall–Kier alpha value is -8.00. The van der Waals surface area contributed by atoms with Crippen LogP contribution >= 0.6 is 0 Å². The summed E-state index contributed by atoms with van der Waals surface area (Å²) in [4.78, 5) is 31.0. The number of anilines is 3. The third-order valence-corrected chi connectivity index (χ3v) is 14.4. The lowest BCUT2D eigenvalue weighted by Gasteiger charge is -2.32. The standard InChI is InChI=1S/C50H58N8O5.C11H17N/c1-10-50(22-21-45(59)33-13-17-37-41(23-33)52-51-37,28-62-31(3)32-12-18-38-43(24-32)58(54-38)56-42-27-36(49(7,8)9)16-20-46(42)60)29-63-47(61)34-14-19-39-44(25-34)57(53-39)55-40-26-35(48(4,5)6)15-11-30(40)2;1-8-5-6-9(7-10(8)12)11(2,3)4/h11-20,23-27,51-56,60H,3,10,21-22,28-29H2,1-2,4-9H3;5-7H,12H2,1-4H3. The molecule has 0 amide bonds. The number of carbonyl (C=O) groups is 2. The highest BCUT2D eigenvalue weighted by molar-refractivity contribution is 5.99. The number of aromatic hydroxyl groups is 1. The summed E-state index contributed by atoms with van der Waals surface area (Å²) in [7, 11) is 0. The molecule has 0 aliphatic carbocycles. The van der Waals surface area contributed by atoms with Crippen molar-refractivity contribution in [3.63, 3.8) is 0 Å². The predicted octanol–water partition coefficient (Wildman–Crippen LogP) is 14.2. The van der Waals surface area contributed by atoms with Crippen molar-refractivity contribution in [3.05, 3.63) is 160 Å². The number of nitrogens with zero attached hydrogens (tertiary/aromatic N) is 2. The van der Waals surface area contributed by atoms with Gasteiger partial charge in [0.2, 0.25) is 0 Å². The van der Waals surface area contributed by atoms with Crippen LogP contribution in [0.4, 0.5) is 17.1 Å². The van der Waals surface area contributed by atoms with Crippen molar-refractivity contribution < 1.29 is 24.2 Å². The molecule has 6 aromatic carbocycles. The van der Waals surface area contributed by atoms with Crippen LogP contribution < -0.4 is 16.6 Å². The van der Waals surface area contributed by atoms with E-state index in [4.69, 9.17) is 15.2 Å². The molecule has 14 nitrogen and oxygen atoms in total. The molecule has 1 atom stereocenters. The number of rotatable bonds is 16. The third-order valence-electron chi connectivity index (χ3n) is 14.4. The Bertz CT molecular complexity index is 3360. The highest BCUT2D eigenvalue weighted by Crippen LogP contribution is 2.36. The average Bonchev–Trinajstić information content (AvgIpc) is 3.33. The first-order valence-corrected chi connectivity index (χ1v) is 25.8. The first-order chi connectivity index (χ1) is 35.3. The van der Waals surface area contributed by atoms with E-state index in [1.807, 2.05) is 79.3 Å². The Morgan fingerprint density at radius 2 is 1.11 bits per heavy atom. The monoisotopic (exact) mass is 1010 g/mol. The second kappa shape index (κ2) is 20.7. The molecule has 0 aliphatic heterocycles. The van der Waals surface area contributed by atoms with E-state index in [1.54, 1.807) is 16.9 Å². The summed E-state index contributed by atoms with van der Waals surface area (Å²) in [5.41, 5.74) is 27.2. The van der Waals surface area contributed by atoms with Gasteiger partial charge in [0, 0.05) is 28.7 Å². The summed E-state index contributed by atoms with van der Waals surface area (Å²) in [5.74, 6) is 0.0864. The second-order valence-corrected chi connectivity index (χ2v) is 23.2. The number of H-pyrrole nitrogens is 4. The summed E-state index contributed by atoms with van der Waals surface area (Å²) in [6, 6.07) is 35.1. The number of aromatic amines is 4. The summed E-state index contributed by atoms with van der Waals surface area (Å²) >= 11 is 0. The molecule has 0 fully saturated rings. The number of phenols is 1. The zero-order valence-corrected chi connectivity index (χ0v) is 45.7. The van der Waals surface area contributed by atoms with Crippen LogP contribution in [0.1, 0.15) is 143 Å². The number of esters is 1. The van der Waals surface area contributed by atoms with Crippen LogP contribution in [0.3, 0.4) is 0 Å². The molecular formula is C61H75N9O5. The summed E-state index contributed by atoms with van der Waals surface area (Å²) in [5, 5.41) is 23.2. The lowest BCUT2D eigenvalue weighted by atomic mass is 9.81. The molecule has 14 heteroatoms. The van der Waals surface area contributed by atoms with E-state index in [0.29, 0.717) is 35.4 Å². The van der Waals surface area contributed by atoms with Gasteiger partial charge in [-0.3, -0.25) is 36.0 Å². The predicted molar refractivity (Wildman–Crippen MR) is 306 cm³/mol. The number of aryl methyl sites for hydroxylation is 2. The Kier molecular flexibility index (Phi) is 14.7. The number of carbonyl (C=O) groups excluding carboxylic acids is 2. The molecule has 0 spiro atoms. The van der Waals surface area contributed by atoms with Crippen molar-refractivity contribution in [2.24, 2.45) is 5.41 Å². The maximum Gasteiger partial charge on any atom is 0.338 e. The molecule has 75 heavy (non-hydrogen) atoms. The van der Waals surface area contributed by atoms with E-state index in [2.05, 4.69) is 143 Å². The van der Waals surface area contributed by atoms with Crippen molar-refractivity contribution in [2.45, 2.75) is 119 Å². The third kappa shape index (κ3) is 12.0. The van der Waals surface area contributed by atoms with Gasteiger partial charge in [-0.15, -0.1) is 0 Å². The van der Waals surface area contributed by atoms with E-state index in [1.165, 1.54) is 11.1 Å². The van der Waals surface area contributed by atoms with Gasteiger partial charge in [0.1, 0.15) is 29.1 Å². The SMILES string of the molecule is C=C(OCC(CC)(CCC(=O)c1ccc2[nH][nH]c2c1)COC(=O)c1ccc2[nH]n(Nc3cc(C(C)(C)C)ccc3C)c2c1)c1ccc2[nH]n(Nc3cc(C(C)(C)C)ccc3O)c2c1.Cc1ccc(C(C)(C)C)cc1N. The highest BCUT2D eigenvalue weighted by atomic mass is 16.5. The number of Topliss-reactive ketones (excluding diaryl/α,β-unsaturated/α-hetero) is 1. The molecule has 3 heterocycles. The Morgan fingerprint density at radius 1 is 0.600 bits per heavy atom. The van der Waals surface area contributed by atoms with E-state index in [9.17, 15) is 14.7 Å².